The number of nitrogens with one attached hydrogen (secondary N) is 1. The molecule has 0 spiro atoms. The Labute approximate surface area is 109 Å². The van der Waals surface area contributed by atoms with Gasteiger partial charge in [-0.2, -0.15) is 9.40 Å². The van der Waals surface area contributed by atoms with Crippen molar-refractivity contribution in [1.82, 2.24) is 14.5 Å². The van der Waals surface area contributed by atoms with E-state index in [-0.39, 0.29) is 11.4 Å². The first-order valence-corrected chi connectivity index (χ1v) is 7.35. The minimum absolute atomic E-state index is 0.248. The quantitative estimate of drug-likeness (QED) is 0.829. The van der Waals surface area contributed by atoms with Crippen LogP contribution in [-0.4, -0.2) is 42.1 Å². The van der Waals surface area contributed by atoms with E-state index in [4.69, 9.17) is 5.73 Å². The van der Waals surface area contributed by atoms with Gasteiger partial charge in [-0.25, -0.2) is 8.42 Å². The first-order chi connectivity index (χ1) is 8.20. The number of hydrogen-bond acceptors (Lipinski definition) is 4. The fourth-order valence-corrected chi connectivity index (χ4v) is 3.75. The summed E-state index contributed by atoms with van der Waals surface area (Å²) < 4.78 is 26.6. The molecule has 0 fully saturated rings. The van der Waals surface area contributed by atoms with Crippen LogP contribution in [0.2, 0.25) is 0 Å². The molecular weight excluding hydrogens is 252 g/mol. The molecule has 1 aromatic rings. The monoisotopic (exact) mass is 274 g/mol. The molecule has 7 heteroatoms. The van der Waals surface area contributed by atoms with Crippen LogP contribution in [0.3, 0.4) is 0 Å². The molecule has 0 aliphatic heterocycles. The van der Waals surface area contributed by atoms with Crippen LogP contribution < -0.4 is 5.73 Å². The maximum atomic E-state index is 12.6. The molecule has 1 unspecified atom stereocenters. The lowest BCUT2D eigenvalue weighted by Gasteiger charge is -2.36. The van der Waals surface area contributed by atoms with Gasteiger partial charge in [0.1, 0.15) is 4.90 Å². The summed E-state index contributed by atoms with van der Waals surface area (Å²) >= 11 is 0. The van der Waals surface area contributed by atoms with E-state index in [0.717, 1.165) is 0 Å². The first-order valence-electron chi connectivity index (χ1n) is 5.91. The Morgan fingerprint density at radius 1 is 1.44 bits per heavy atom. The number of likely N-dealkylation sites (N-methyl/N-ethyl adjacent to an activating group) is 1. The van der Waals surface area contributed by atoms with Crippen LogP contribution >= 0.6 is 0 Å². The Bertz CT molecular complexity index is 498. The molecule has 0 aliphatic carbocycles. The zero-order chi connectivity index (χ0) is 14.1. The Kier molecular flexibility index (Phi) is 4.19. The minimum atomic E-state index is -3.58. The summed E-state index contributed by atoms with van der Waals surface area (Å²) in [6, 6.07) is 0. The summed E-state index contributed by atoms with van der Waals surface area (Å²) in [5.41, 5.74) is 6.16. The largest absolute Gasteiger partial charge is 0.329 e. The van der Waals surface area contributed by atoms with Crippen molar-refractivity contribution in [3.8, 4) is 0 Å². The molecule has 0 amide bonds. The third-order valence-corrected chi connectivity index (χ3v) is 5.92. The lowest BCUT2D eigenvalue weighted by Crippen LogP contribution is -2.51. The molecule has 0 bridgehead atoms. The number of H-pyrrole nitrogens is 1. The number of sulfonamides is 1. The average molecular weight is 274 g/mol. The van der Waals surface area contributed by atoms with Gasteiger partial charge in [0.25, 0.3) is 0 Å². The van der Waals surface area contributed by atoms with E-state index in [9.17, 15) is 8.42 Å². The summed E-state index contributed by atoms with van der Waals surface area (Å²) in [6.07, 6.45) is 0.648. The lowest BCUT2D eigenvalue weighted by molar-refractivity contribution is 0.240. The van der Waals surface area contributed by atoms with Crippen molar-refractivity contribution in [2.24, 2.45) is 5.73 Å². The second-order valence-corrected chi connectivity index (χ2v) is 6.70. The summed E-state index contributed by atoms with van der Waals surface area (Å²) in [5.74, 6) is 0. The van der Waals surface area contributed by atoms with Crippen LogP contribution in [0.4, 0.5) is 0 Å². The second kappa shape index (κ2) is 4.99. The van der Waals surface area contributed by atoms with Crippen LogP contribution in [0.1, 0.15) is 31.7 Å². The molecule has 0 aliphatic rings. The van der Waals surface area contributed by atoms with Gasteiger partial charge in [-0.1, -0.05) is 6.92 Å². The van der Waals surface area contributed by atoms with Crippen molar-refractivity contribution in [3.63, 3.8) is 0 Å². The van der Waals surface area contributed by atoms with Gasteiger partial charge in [-0.15, -0.1) is 0 Å². The van der Waals surface area contributed by atoms with E-state index in [0.29, 0.717) is 17.8 Å². The Hall–Kier alpha value is -0.920. The van der Waals surface area contributed by atoms with Gasteiger partial charge < -0.3 is 5.73 Å². The van der Waals surface area contributed by atoms with Gasteiger partial charge in [0, 0.05) is 19.1 Å². The number of nitrogens with zero attached hydrogens (tertiary/aromatic N) is 2. The number of aryl methyl sites for hydroxylation is 2. The van der Waals surface area contributed by atoms with Crippen molar-refractivity contribution in [1.29, 1.82) is 0 Å². The van der Waals surface area contributed by atoms with Crippen LogP contribution in [0, 0.1) is 13.8 Å². The molecule has 104 valence electrons. The number of hydrogen-bond donors (Lipinski definition) is 2. The molecular formula is C11H22N4O2S. The van der Waals surface area contributed by atoms with Crippen LogP contribution in [0.15, 0.2) is 4.90 Å². The molecule has 1 atom stereocenters. The Balaban J connectivity index is 3.32. The summed E-state index contributed by atoms with van der Waals surface area (Å²) in [5, 5.41) is 6.63. The van der Waals surface area contributed by atoms with Crippen molar-refractivity contribution >= 4 is 10.0 Å². The van der Waals surface area contributed by atoms with Gasteiger partial charge >= 0.3 is 0 Å². The predicted octanol–water partition coefficient (Wildman–Crippen LogP) is 0.774. The SMILES string of the molecule is CCC(C)(CN)N(C)S(=O)(=O)c1c(C)n[nH]c1C. The number of rotatable bonds is 5. The highest BCUT2D eigenvalue weighted by molar-refractivity contribution is 7.89. The van der Waals surface area contributed by atoms with Crippen LogP contribution in [-0.2, 0) is 10.0 Å². The molecule has 1 aromatic heterocycles. The molecule has 18 heavy (non-hydrogen) atoms. The predicted molar refractivity (Wildman–Crippen MR) is 70.8 cm³/mol. The maximum Gasteiger partial charge on any atom is 0.247 e. The molecule has 1 rings (SSSR count). The van der Waals surface area contributed by atoms with E-state index in [1.54, 1.807) is 20.9 Å². The van der Waals surface area contributed by atoms with Crippen molar-refractivity contribution in [3.05, 3.63) is 11.4 Å². The van der Waals surface area contributed by atoms with Gasteiger partial charge in [-0.3, -0.25) is 5.10 Å². The lowest BCUT2D eigenvalue weighted by atomic mass is 10.00. The minimum Gasteiger partial charge on any atom is -0.329 e. The third kappa shape index (κ3) is 2.30. The summed E-state index contributed by atoms with van der Waals surface area (Å²) in [6.45, 7) is 7.42. The van der Waals surface area contributed by atoms with E-state index in [2.05, 4.69) is 10.2 Å². The highest BCUT2D eigenvalue weighted by Crippen LogP contribution is 2.27. The van der Waals surface area contributed by atoms with Gasteiger partial charge in [-0.05, 0) is 27.2 Å². The maximum absolute atomic E-state index is 12.6. The zero-order valence-corrected chi connectivity index (χ0v) is 12.4. The van der Waals surface area contributed by atoms with Gasteiger partial charge in [0.2, 0.25) is 10.0 Å². The normalized spacial score (nSPS) is 15.9. The van der Waals surface area contributed by atoms with Gasteiger partial charge in [0.15, 0.2) is 0 Å². The second-order valence-electron chi connectivity index (χ2n) is 4.79. The molecule has 6 nitrogen and oxygen atoms in total. The van der Waals surface area contributed by atoms with Crippen LogP contribution in [0.5, 0.6) is 0 Å². The number of aromatic nitrogens is 2. The first kappa shape index (κ1) is 15.1. The van der Waals surface area contributed by atoms with Crippen molar-refractivity contribution in [2.45, 2.75) is 44.6 Å². The fraction of sp³-hybridized carbons (Fsp3) is 0.727. The fourth-order valence-electron chi connectivity index (χ4n) is 1.84. The zero-order valence-electron chi connectivity index (χ0n) is 11.6. The van der Waals surface area contributed by atoms with Crippen LogP contribution in [0.25, 0.3) is 0 Å². The van der Waals surface area contributed by atoms with E-state index in [1.165, 1.54) is 4.31 Å². The smallest absolute Gasteiger partial charge is 0.247 e. The highest BCUT2D eigenvalue weighted by atomic mass is 32.2. The Morgan fingerprint density at radius 3 is 2.33 bits per heavy atom. The standard InChI is InChI=1S/C11H22N4O2S/c1-6-11(4,7-12)15(5)18(16,17)10-8(2)13-14-9(10)3/h6-7,12H2,1-5H3,(H,13,14). The summed E-state index contributed by atoms with van der Waals surface area (Å²) in [4.78, 5) is 0.248. The van der Waals surface area contributed by atoms with E-state index in [1.807, 2.05) is 13.8 Å². The number of nitrogens with two attached hydrogens (primary N) is 1. The molecule has 3 N–H and O–H groups in total. The van der Waals surface area contributed by atoms with E-state index < -0.39 is 15.6 Å². The number of aromatic amines is 1. The van der Waals surface area contributed by atoms with Crippen molar-refractivity contribution < 1.29 is 8.42 Å². The van der Waals surface area contributed by atoms with E-state index >= 15 is 0 Å². The molecule has 1 heterocycles. The highest BCUT2D eigenvalue weighted by Gasteiger charge is 2.37. The average Bonchev–Trinajstić information content (AvgIpc) is 2.67. The molecule has 0 radical (unpaired) electrons. The molecule has 0 saturated heterocycles. The summed E-state index contributed by atoms with van der Waals surface area (Å²) in [7, 11) is -2.01. The Morgan fingerprint density at radius 2 is 2.00 bits per heavy atom. The molecule has 0 aromatic carbocycles. The third-order valence-electron chi connectivity index (χ3n) is 3.64. The topological polar surface area (TPSA) is 92.1 Å². The van der Waals surface area contributed by atoms with Gasteiger partial charge in [0.05, 0.1) is 11.4 Å². The molecule has 0 saturated carbocycles. The van der Waals surface area contributed by atoms with Crippen molar-refractivity contribution in [2.75, 3.05) is 13.6 Å².